The fourth-order valence-electron chi connectivity index (χ4n) is 4.21. The van der Waals surface area contributed by atoms with Gasteiger partial charge in [0.15, 0.2) is 6.10 Å². The molecule has 162 valence electrons. The quantitative estimate of drug-likeness (QED) is 0.499. The summed E-state index contributed by atoms with van der Waals surface area (Å²) in [6.07, 6.45) is -1.09. The van der Waals surface area contributed by atoms with Gasteiger partial charge in [-0.1, -0.05) is 59.1 Å². The minimum Gasteiger partial charge on any atom is -0.506 e. The van der Waals surface area contributed by atoms with Gasteiger partial charge in [0.2, 0.25) is 5.91 Å². The summed E-state index contributed by atoms with van der Waals surface area (Å²) in [4.78, 5) is 33.9. The monoisotopic (exact) mass is 488 g/mol. The SMILES string of the molecule is O=C1[C@H]2[C@@H](ON(c3ccccc3)[C@H]2c2cc(Cl)cc(Cl)c2O)C(=O)N1c1cccc(Cl)c1. The molecular formula is C23H15Cl3N2O4. The molecule has 2 aliphatic rings. The van der Waals surface area contributed by atoms with Crippen LogP contribution in [0.3, 0.4) is 0 Å². The standard InChI is InChI=1S/C23H15Cl3N2O4/c24-12-5-4-8-15(9-12)27-22(30)18-19(16-10-13(25)11-17(26)20(16)29)28(32-21(18)23(27)31)14-6-2-1-3-7-14/h1-11,18-19,21,29H/t18-,19+,21-/m1/s1. The number of imide groups is 1. The fourth-order valence-corrected chi connectivity index (χ4v) is 4.90. The van der Waals surface area contributed by atoms with E-state index < -0.39 is 29.9 Å². The van der Waals surface area contributed by atoms with Crippen molar-refractivity contribution < 1.29 is 19.5 Å². The van der Waals surface area contributed by atoms with Crippen LogP contribution in [0.5, 0.6) is 5.75 Å². The highest BCUT2D eigenvalue weighted by atomic mass is 35.5. The van der Waals surface area contributed by atoms with Gasteiger partial charge >= 0.3 is 0 Å². The number of para-hydroxylation sites is 1. The predicted molar refractivity (Wildman–Crippen MR) is 122 cm³/mol. The van der Waals surface area contributed by atoms with Gasteiger partial charge in [-0.2, -0.15) is 0 Å². The molecule has 2 amide bonds. The van der Waals surface area contributed by atoms with E-state index in [0.717, 1.165) is 4.90 Å². The molecule has 2 fully saturated rings. The van der Waals surface area contributed by atoms with Gasteiger partial charge in [0.05, 0.1) is 22.4 Å². The Morgan fingerprint density at radius 2 is 1.53 bits per heavy atom. The van der Waals surface area contributed by atoms with Crippen molar-refractivity contribution in [2.75, 3.05) is 9.96 Å². The van der Waals surface area contributed by atoms with Crippen LogP contribution in [0, 0.1) is 5.92 Å². The molecule has 5 rings (SSSR count). The maximum atomic E-state index is 13.6. The van der Waals surface area contributed by atoms with E-state index >= 15 is 0 Å². The van der Waals surface area contributed by atoms with Gasteiger partial charge in [0, 0.05) is 15.6 Å². The number of carbonyl (C=O) groups is 2. The highest BCUT2D eigenvalue weighted by molar-refractivity contribution is 6.35. The van der Waals surface area contributed by atoms with E-state index in [0.29, 0.717) is 16.4 Å². The lowest BCUT2D eigenvalue weighted by Gasteiger charge is -2.29. The Balaban J connectivity index is 1.65. The number of aromatic hydroxyl groups is 1. The van der Waals surface area contributed by atoms with Crippen molar-refractivity contribution in [2.24, 2.45) is 5.92 Å². The van der Waals surface area contributed by atoms with Crippen molar-refractivity contribution in [3.63, 3.8) is 0 Å². The van der Waals surface area contributed by atoms with Crippen molar-refractivity contribution >= 4 is 58.0 Å². The summed E-state index contributed by atoms with van der Waals surface area (Å²) >= 11 is 18.5. The average Bonchev–Trinajstić information content (AvgIpc) is 3.27. The summed E-state index contributed by atoms with van der Waals surface area (Å²) < 4.78 is 0. The summed E-state index contributed by atoms with van der Waals surface area (Å²) in [5.74, 6) is -2.16. The van der Waals surface area contributed by atoms with Crippen LogP contribution in [0.4, 0.5) is 11.4 Å². The molecule has 3 aromatic rings. The van der Waals surface area contributed by atoms with Gasteiger partial charge in [-0.25, -0.2) is 9.96 Å². The molecule has 0 spiro atoms. The summed E-state index contributed by atoms with van der Waals surface area (Å²) in [6, 6.07) is 17.5. The number of hydroxylamine groups is 1. The third kappa shape index (κ3) is 3.31. The first-order chi connectivity index (χ1) is 15.4. The molecule has 3 aromatic carbocycles. The van der Waals surface area contributed by atoms with Crippen LogP contribution in [0.25, 0.3) is 0 Å². The number of hydrogen-bond acceptors (Lipinski definition) is 5. The highest BCUT2D eigenvalue weighted by Crippen LogP contribution is 2.51. The Morgan fingerprint density at radius 3 is 2.25 bits per heavy atom. The van der Waals surface area contributed by atoms with E-state index in [1.807, 2.05) is 6.07 Å². The fraction of sp³-hybridized carbons (Fsp3) is 0.130. The molecular weight excluding hydrogens is 475 g/mol. The van der Waals surface area contributed by atoms with Crippen molar-refractivity contribution in [2.45, 2.75) is 12.1 Å². The van der Waals surface area contributed by atoms with E-state index in [4.69, 9.17) is 39.6 Å². The number of halogens is 3. The molecule has 0 unspecified atom stereocenters. The number of amides is 2. The van der Waals surface area contributed by atoms with Gasteiger partial charge in [-0.3, -0.25) is 14.4 Å². The van der Waals surface area contributed by atoms with Crippen molar-refractivity contribution in [3.8, 4) is 5.75 Å². The first-order valence-corrected chi connectivity index (χ1v) is 10.8. The van der Waals surface area contributed by atoms with Crippen LogP contribution < -0.4 is 9.96 Å². The molecule has 3 atom stereocenters. The normalized spacial score (nSPS) is 22.5. The smallest absolute Gasteiger partial charge is 0.266 e. The number of fused-ring (bicyclic) bond motifs is 1. The van der Waals surface area contributed by atoms with Crippen LogP contribution in [-0.2, 0) is 14.4 Å². The minimum absolute atomic E-state index is 0.0347. The zero-order valence-corrected chi connectivity index (χ0v) is 18.6. The maximum Gasteiger partial charge on any atom is 0.266 e. The van der Waals surface area contributed by atoms with Crippen LogP contribution in [0.2, 0.25) is 15.1 Å². The number of benzene rings is 3. The van der Waals surface area contributed by atoms with E-state index in [-0.39, 0.29) is 21.4 Å². The van der Waals surface area contributed by atoms with Gasteiger partial charge in [-0.15, -0.1) is 0 Å². The van der Waals surface area contributed by atoms with E-state index in [1.54, 1.807) is 42.5 Å². The number of hydrogen-bond donors (Lipinski definition) is 1. The largest absolute Gasteiger partial charge is 0.506 e. The molecule has 9 heteroatoms. The molecule has 2 aliphatic heterocycles. The first-order valence-electron chi connectivity index (χ1n) is 9.69. The number of rotatable bonds is 3. The van der Waals surface area contributed by atoms with Crippen LogP contribution in [0.15, 0.2) is 66.7 Å². The zero-order valence-electron chi connectivity index (χ0n) is 16.3. The molecule has 2 saturated heterocycles. The maximum absolute atomic E-state index is 13.6. The highest BCUT2D eigenvalue weighted by Gasteiger charge is 2.60. The lowest BCUT2D eigenvalue weighted by atomic mass is 9.90. The molecule has 0 radical (unpaired) electrons. The second-order valence-corrected chi connectivity index (χ2v) is 8.76. The molecule has 0 aromatic heterocycles. The van der Waals surface area contributed by atoms with Gasteiger partial charge < -0.3 is 5.11 Å². The summed E-state index contributed by atoms with van der Waals surface area (Å²) in [5, 5.41) is 12.9. The second kappa shape index (κ2) is 7.98. The number of nitrogens with zero attached hydrogens (tertiary/aromatic N) is 2. The van der Waals surface area contributed by atoms with Crippen LogP contribution >= 0.6 is 34.8 Å². The van der Waals surface area contributed by atoms with Crippen LogP contribution in [-0.4, -0.2) is 23.0 Å². The third-order valence-corrected chi connectivity index (χ3v) is 6.31. The van der Waals surface area contributed by atoms with Crippen LogP contribution in [0.1, 0.15) is 11.6 Å². The molecule has 2 heterocycles. The van der Waals surface area contributed by atoms with Crippen molar-refractivity contribution in [1.29, 1.82) is 0 Å². The Bertz CT molecular complexity index is 1240. The van der Waals surface area contributed by atoms with Gasteiger partial charge in [0.1, 0.15) is 11.7 Å². The predicted octanol–water partition coefficient (Wildman–Crippen LogP) is 5.40. The second-order valence-electron chi connectivity index (χ2n) is 7.48. The molecule has 6 nitrogen and oxygen atoms in total. The Morgan fingerprint density at radius 1 is 0.812 bits per heavy atom. The third-order valence-electron chi connectivity index (χ3n) is 5.57. The van der Waals surface area contributed by atoms with E-state index in [9.17, 15) is 14.7 Å². The first kappa shape index (κ1) is 21.1. The minimum atomic E-state index is -1.09. The summed E-state index contributed by atoms with van der Waals surface area (Å²) in [7, 11) is 0. The molecule has 0 bridgehead atoms. The van der Waals surface area contributed by atoms with Crippen molar-refractivity contribution in [3.05, 3.63) is 87.4 Å². The molecule has 0 saturated carbocycles. The van der Waals surface area contributed by atoms with Crippen molar-refractivity contribution in [1.82, 2.24) is 0 Å². The number of carbonyl (C=O) groups excluding carboxylic acids is 2. The lowest BCUT2D eigenvalue weighted by molar-refractivity contribution is -0.126. The van der Waals surface area contributed by atoms with Gasteiger partial charge in [0.25, 0.3) is 5.91 Å². The number of phenolic OH excluding ortho intramolecular Hbond substituents is 1. The molecule has 0 aliphatic carbocycles. The average molecular weight is 490 g/mol. The lowest BCUT2D eigenvalue weighted by Crippen LogP contribution is -2.37. The summed E-state index contributed by atoms with van der Waals surface area (Å²) in [6.45, 7) is 0. The van der Waals surface area contributed by atoms with Gasteiger partial charge in [-0.05, 0) is 42.5 Å². The zero-order chi connectivity index (χ0) is 22.6. The number of anilines is 2. The Kier molecular flexibility index (Phi) is 5.26. The Hall–Kier alpha value is -2.77. The Labute approximate surface area is 198 Å². The molecule has 32 heavy (non-hydrogen) atoms. The molecule has 1 N–H and O–H groups in total. The van der Waals surface area contributed by atoms with E-state index in [2.05, 4.69) is 0 Å². The number of phenols is 1. The topological polar surface area (TPSA) is 70.1 Å². The van der Waals surface area contributed by atoms with E-state index in [1.165, 1.54) is 23.3 Å². The summed E-state index contributed by atoms with van der Waals surface area (Å²) in [5.41, 5.74) is 1.24.